The molecule has 0 unspecified atom stereocenters. The predicted octanol–water partition coefficient (Wildman–Crippen LogP) is 3.15. The Labute approximate surface area is 116 Å². The molecule has 106 valence electrons. The van der Waals surface area contributed by atoms with Crippen molar-refractivity contribution in [2.24, 2.45) is 5.41 Å². The lowest BCUT2D eigenvalue weighted by Gasteiger charge is -2.27. The highest BCUT2D eigenvalue weighted by Gasteiger charge is 2.35. The van der Waals surface area contributed by atoms with E-state index in [2.05, 4.69) is 25.7 Å². The van der Waals surface area contributed by atoms with E-state index >= 15 is 0 Å². The lowest BCUT2D eigenvalue weighted by molar-refractivity contribution is 0.281. The van der Waals surface area contributed by atoms with Crippen molar-refractivity contribution in [2.45, 2.75) is 53.1 Å². The third kappa shape index (κ3) is 2.92. The van der Waals surface area contributed by atoms with E-state index in [-0.39, 0.29) is 6.61 Å². The summed E-state index contributed by atoms with van der Waals surface area (Å²) in [6, 6.07) is 4.05. The predicted molar refractivity (Wildman–Crippen MR) is 79.4 cm³/mol. The zero-order valence-electron chi connectivity index (χ0n) is 12.4. The Morgan fingerprint density at radius 1 is 1.26 bits per heavy atom. The van der Waals surface area contributed by atoms with Crippen LogP contribution >= 0.6 is 0 Å². The van der Waals surface area contributed by atoms with Gasteiger partial charge in [-0.05, 0) is 48.8 Å². The lowest BCUT2D eigenvalue weighted by atomic mass is 9.82. The first-order valence-corrected chi connectivity index (χ1v) is 7.52. The van der Waals surface area contributed by atoms with Gasteiger partial charge >= 0.3 is 0 Å². The Hall–Kier alpha value is -1.09. The van der Waals surface area contributed by atoms with Crippen molar-refractivity contribution in [2.75, 3.05) is 18.0 Å². The van der Waals surface area contributed by atoms with Gasteiger partial charge in [-0.15, -0.1) is 0 Å². The highest BCUT2D eigenvalue weighted by Crippen LogP contribution is 2.38. The third-order valence-corrected chi connectivity index (χ3v) is 4.73. The van der Waals surface area contributed by atoms with Gasteiger partial charge in [0, 0.05) is 18.8 Å². The number of rotatable bonds is 5. The van der Waals surface area contributed by atoms with Crippen LogP contribution < -0.4 is 4.90 Å². The van der Waals surface area contributed by atoms with Crippen molar-refractivity contribution in [3.63, 3.8) is 0 Å². The van der Waals surface area contributed by atoms with Gasteiger partial charge in [-0.3, -0.25) is 0 Å². The second-order valence-electron chi connectivity index (χ2n) is 5.72. The fourth-order valence-corrected chi connectivity index (χ4v) is 3.03. The molecule has 1 aliphatic heterocycles. The summed E-state index contributed by atoms with van der Waals surface area (Å²) in [5.41, 5.74) is 2.52. The van der Waals surface area contributed by atoms with Crippen molar-refractivity contribution in [1.82, 2.24) is 4.98 Å². The highest BCUT2D eigenvalue weighted by atomic mass is 16.3. The first-order chi connectivity index (χ1) is 9.16. The summed E-state index contributed by atoms with van der Waals surface area (Å²) in [6.07, 6.45) is 4.65. The molecule has 19 heavy (non-hydrogen) atoms. The molecule has 1 fully saturated rings. The molecule has 0 saturated carbocycles. The van der Waals surface area contributed by atoms with Crippen LogP contribution in [0.3, 0.4) is 0 Å². The number of hydrogen-bond donors (Lipinski definition) is 1. The van der Waals surface area contributed by atoms with Crippen LogP contribution in [0.2, 0.25) is 0 Å². The molecule has 0 aliphatic carbocycles. The van der Waals surface area contributed by atoms with Crippen molar-refractivity contribution < 1.29 is 5.11 Å². The van der Waals surface area contributed by atoms with Gasteiger partial charge in [0.15, 0.2) is 0 Å². The zero-order valence-corrected chi connectivity index (χ0v) is 12.4. The first kappa shape index (κ1) is 14.3. The van der Waals surface area contributed by atoms with Crippen LogP contribution in [0, 0.1) is 5.41 Å². The average Bonchev–Trinajstić information content (AvgIpc) is 2.92. The van der Waals surface area contributed by atoms with E-state index in [1.807, 2.05) is 12.1 Å². The molecule has 3 nitrogen and oxygen atoms in total. The molecule has 1 aliphatic rings. The molecule has 3 heteroatoms. The van der Waals surface area contributed by atoms with Crippen LogP contribution in [-0.2, 0) is 13.0 Å². The SMILES string of the molecule is CCc1cc(CO)cc(N2CCC(CC)(CC)C2)n1. The number of aliphatic hydroxyl groups excluding tert-OH is 1. The summed E-state index contributed by atoms with van der Waals surface area (Å²) in [6.45, 7) is 8.99. The van der Waals surface area contributed by atoms with Crippen molar-refractivity contribution in [3.05, 3.63) is 23.4 Å². The van der Waals surface area contributed by atoms with Crippen LogP contribution in [0.5, 0.6) is 0 Å². The van der Waals surface area contributed by atoms with Gasteiger partial charge in [0.25, 0.3) is 0 Å². The Morgan fingerprint density at radius 2 is 2.00 bits per heavy atom. The molecule has 0 atom stereocenters. The molecule has 0 amide bonds. The minimum Gasteiger partial charge on any atom is -0.392 e. The van der Waals surface area contributed by atoms with Gasteiger partial charge in [-0.25, -0.2) is 4.98 Å². The van der Waals surface area contributed by atoms with Crippen LogP contribution in [0.1, 0.15) is 51.3 Å². The summed E-state index contributed by atoms with van der Waals surface area (Å²) >= 11 is 0. The van der Waals surface area contributed by atoms with E-state index in [4.69, 9.17) is 4.98 Å². The number of pyridine rings is 1. The number of hydrogen-bond acceptors (Lipinski definition) is 3. The van der Waals surface area contributed by atoms with Gasteiger partial charge in [0.05, 0.1) is 6.61 Å². The van der Waals surface area contributed by atoms with Crippen LogP contribution in [0.15, 0.2) is 12.1 Å². The van der Waals surface area contributed by atoms with E-state index in [9.17, 15) is 5.11 Å². The lowest BCUT2D eigenvalue weighted by Crippen LogP contribution is -2.27. The van der Waals surface area contributed by atoms with Crippen LogP contribution in [0.25, 0.3) is 0 Å². The normalized spacial score (nSPS) is 18.0. The summed E-state index contributed by atoms with van der Waals surface area (Å²) < 4.78 is 0. The Bertz CT molecular complexity index is 405. The second kappa shape index (κ2) is 5.91. The fraction of sp³-hybridized carbons (Fsp3) is 0.688. The fourth-order valence-electron chi connectivity index (χ4n) is 3.03. The van der Waals surface area contributed by atoms with Gasteiger partial charge in [-0.2, -0.15) is 0 Å². The monoisotopic (exact) mass is 262 g/mol. The van der Waals surface area contributed by atoms with E-state index in [1.54, 1.807) is 0 Å². The van der Waals surface area contributed by atoms with E-state index < -0.39 is 0 Å². The van der Waals surface area contributed by atoms with Gasteiger partial charge in [0.1, 0.15) is 5.82 Å². The topological polar surface area (TPSA) is 36.4 Å². The van der Waals surface area contributed by atoms with E-state index in [1.165, 1.54) is 19.3 Å². The minimum atomic E-state index is 0.100. The van der Waals surface area contributed by atoms with Crippen molar-refractivity contribution in [3.8, 4) is 0 Å². The molecule has 0 spiro atoms. The summed E-state index contributed by atoms with van der Waals surface area (Å²) in [7, 11) is 0. The average molecular weight is 262 g/mol. The number of aromatic nitrogens is 1. The minimum absolute atomic E-state index is 0.100. The van der Waals surface area contributed by atoms with Gasteiger partial charge < -0.3 is 10.0 Å². The number of aryl methyl sites for hydroxylation is 1. The number of anilines is 1. The molecule has 1 saturated heterocycles. The maximum atomic E-state index is 9.37. The van der Waals surface area contributed by atoms with E-state index in [0.29, 0.717) is 5.41 Å². The van der Waals surface area contributed by atoms with E-state index in [0.717, 1.165) is 36.6 Å². The molecule has 2 rings (SSSR count). The Balaban J connectivity index is 2.23. The molecule has 0 aromatic carbocycles. The molecular formula is C16H26N2O. The molecule has 2 heterocycles. The van der Waals surface area contributed by atoms with Crippen molar-refractivity contribution >= 4 is 5.82 Å². The van der Waals surface area contributed by atoms with Gasteiger partial charge in [0.2, 0.25) is 0 Å². The van der Waals surface area contributed by atoms with Gasteiger partial charge in [-0.1, -0.05) is 20.8 Å². The maximum Gasteiger partial charge on any atom is 0.129 e. The van der Waals surface area contributed by atoms with Crippen LogP contribution in [0.4, 0.5) is 5.82 Å². The molecule has 0 radical (unpaired) electrons. The smallest absolute Gasteiger partial charge is 0.129 e. The largest absolute Gasteiger partial charge is 0.392 e. The molecule has 0 bridgehead atoms. The number of nitrogens with zero attached hydrogens (tertiary/aromatic N) is 2. The second-order valence-corrected chi connectivity index (χ2v) is 5.72. The Morgan fingerprint density at radius 3 is 2.53 bits per heavy atom. The summed E-state index contributed by atoms with van der Waals surface area (Å²) in [4.78, 5) is 7.12. The molecule has 1 aromatic rings. The molecule has 1 N–H and O–H groups in total. The zero-order chi connectivity index (χ0) is 13.9. The molecule has 1 aromatic heterocycles. The molecular weight excluding hydrogens is 236 g/mol. The third-order valence-electron chi connectivity index (χ3n) is 4.73. The standard InChI is InChI=1S/C16H26N2O/c1-4-14-9-13(11-19)10-15(17-14)18-8-7-16(5-2,6-3)12-18/h9-10,19H,4-8,11-12H2,1-3H3. The summed E-state index contributed by atoms with van der Waals surface area (Å²) in [5.74, 6) is 1.05. The van der Waals surface area contributed by atoms with Crippen LogP contribution in [-0.4, -0.2) is 23.2 Å². The quantitative estimate of drug-likeness (QED) is 0.885. The highest BCUT2D eigenvalue weighted by molar-refractivity contribution is 5.44. The number of aliphatic hydroxyl groups is 1. The Kier molecular flexibility index (Phi) is 4.46. The van der Waals surface area contributed by atoms with Crippen molar-refractivity contribution in [1.29, 1.82) is 0 Å². The maximum absolute atomic E-state index is 9.37. The first-order valence-electron chi connectivity index (χ1n) is 7.52. The summed E-state index contributed by atoms with van der Waals surface area (Å²) in [5, 5.41) is 9.37.